The van der Waals surface area contributed by atoms with Crippen molar-refractivity contribution in [2.24, 2.45) is 5.14 Å². The number of thiophene rings is 1. The molecule has 0 unspecified atom stereocenters. The monoisotopic (exact) mass is 365 g/mol. The van der Waals surface area contributed by atoms with Crippen molar-refractivity contribution in [3.05, 3.63) is 52.4 Å². The standard InChI is InChI=1S/C13H10F3NO4S2/c14-13(15,16)10-4-2-1-3-8(10)6-21-12(18)9-5-11(22-7-9)23(17,19)20/h1-5,7H,6H2,(H2,17,19,20). The normalized spacial score (nSPS) is 12.2. The molecule has 0 saturated carbocycles. The van der Waals surface area contributed by atoms with Crippen molar-refractivity contribution in [2.75, 3.05) is 0 Å². The summed E-state index contributed by atoms with van der Waals surface area (Å²) >= 11 is 0.720. The number of ether oxygens (including phenoxy) is 1. The van der Waals surface area contributed by atoms with E-state index in [2.05, 4.69) is 0 Å². The predicted octanol–water partition coefficient (Wildman–Crippen LogP) is 2.77. The van der Waals surface area contributed by atoms with Crippen LogP contribution in [0.3, 0.4) is 0 Å². The minimum absolute atomic E-state index is 0.0940. The van der Waals surface area contributed by atoms with Gasteiger partial charge in [-0.3, -0.25) is 0 Å². The van der Waals surface area contributed by atoms with Gasteiger partial charge in [0.15, 0.2) is 0 Å². The number of nitrogens with two attached hydrogens (primary N) is 1. The van der Waals surface area contributed by atoms with Gasteiger partial charge in [0.2, 0.25) is 10.0 Å². The molecule has 2 rings (SSSR count). The number of sulfonamides is 1. The molecule has 10 heteroatoms. The maximum Gasteiger partial charge on any atom is 0.416 e. The molecule has 1 heterocycles. The first-order valence-electron chi connectivity index (χ1n) is 6.02. The highest BCUT2D eigenvalue weighted by Gasteiger charge is 2.33. The number of rotatable bonds is 4. The number of benzene rings is 1. The Morgan fingerprint density at radius 2 is 1.91 bits per heavy atom. The van der Waals surface area contributed by atoms with Crippen LogP contribution in [0.1, 0.15) is 21.5 Å². The highest BCUT2D eigenvalue weighted by molar-refractivity contribution is 7.91. The quantitative estimate of drug-likeness (QED) is 0.844. The zero-order valence-electron chi connectivity index (χ0n) is 11.3. The maximum absolute atomic E-state index is 12.8. The SMILES string of the molecule is NS(=O)(=O)c1cc(C(=O)OCc2ccccc2C(F)(F)F)cs1. The average molecular weight is 365 g/mol. The molecule has 0 spiro atoms. The van der Waals surface area contributed by atoms with Crippen LogP contribution in [-0.4, -0.2) is 14.4 Å². The summed E-state index contributed by atoms with van der Waals surface area (Å²) in [6.07, 6.45) is -4.56. The molecular formula is C13H10F3NO4S2. The minimum Gasteiger partial charge on any atom is -0.457 e. The van der Waals surface area contributed by atoms with E-state index in [-0.39, 0.29) is 15.3 Å². The molecule has 2 aromatic rings. The fourth-order valence-corrected chi connectivity index (χ4v) is 3.30. The Bertz CT molecular complexity index is 828. The van der Waals surface area contributed by atoms with Crippen LogP contribution in [0.25, 0.3) is 0 Å². The summed E-state index contributed by atoms with van der Waals surface area (Å²) in [5, 5.41) is 6.11. The summed E-state index contributed by atoms with van der Waals surface area (Å²) in [6.45, 7) is -0.588. The molecule has 0 radical (unpaired) electrons. The fraction of sp³-hybridized carbons (Fsp3) is 0.154. The largest absolute Gasteiger partial charge is 0.457 e. The molecular weight excluding hydrogens is 355 g/mol. The van der Waals surface area contributed by atoms with E-state index in [1.54, 1.807) is 0 Å². The lowest BCUT2D eigenvalue weighted by Crippen LogP contribution is -2.12. The van der Waals surface area contributed by atoms with Crippen molar-refractivity contribution in [1.29, 1.82) is 0 Å². The molecule has 1 aromatic heterocycles. The van der Waals surface area contributed by atoms with Crippen LogP contribution in [0.5, 0.6) is 0 Å². The molecule has 0 aliphatic heterocycles. The highest BCUT2D eigenvalue weighted by atomic mass is 32.2. The molecule has 5 nitrogen and oxygen atoms in total. The first-order valence-corrected chi connectivity index (χ1v) is 8.45. The van der Waals surface area contributed by atoms with E-state index in [9.17, 15) is 26.4 Å². The van der Waals surface area contributed by atoms with Gasteiger partial charge in [-0.15, -0.1) is 11.3 Å². The predicted molar refractivity (Wildman–Crippen MR) is 76.3 cm³/mol. The highest BCUT2D eigenvalue weighted by Crippen LogP contribution is 2.32. The molecule has 124 valence electrons. The number of hydrogen-bond donors (Lipinski definition) is 1. The van der Waals surface area contributed by atoms with Crippen molar-refractivity contribution >= 4 is 27.3 Å². The Hall–Kier alpha value is -1.91. The molecule has 0 atom stereocenters. The van der Waals surface area contributed by atoms with E-state index in [1.165, 1.54) is 23.6 Å². The fourth-order valence-electron chi connectivity index (χ4n) is 1.72. The third-order valence-electron chi connectivity index (χ3n) is 2.77. The van der Waals surface area contributed by atoms with Crippen LogP contribution in [0.2, 0.25) is 0 Å². The number of carbonyl (C=O) groups is 1. The number of carbonyl (C=O) groups excluding carboxylic acids is 1. The molecule has 0 aliphatic rings. The maximum atomic E-state index is 12.8. The van der Waals surface area contributed by atoms with Crippen molar-refractivity contribution < 1.29 is 31.1 Å². The van der Waals surface area contributed by atoms with Gasteiger partial charge in [-0.1, -0.05) is 18.2 Å². The average Bonchev–Trinajstić information content (AvgIpc) is 2.94. The summed E-state index contributed by atoms with van der Waals surface area (Å²) in [5.74, 6) is -0.937. The number of hydrogen-bond acceptors (Lipinski definition) is 5. The Balaban J connectivity index is 2.13. The second kappa shape index (κ2) is 6.30. The summed E-state index contributed by atoms with van der Waals surface area (Å²) in [5.41, 5.74) is -1.19. The van der Waals surface area contributed by atoms with E-state index in [0.717, 1.165) is 23.5 Å². The second-order valence-electron chi connectivity index (χ2n) is 4.43. The number of primary sulfonamides is 1. The van der Waals surface area contributed by atoms with Crippen LogP contribution in [-0.2, 0) is 27.5 Å². The zero-order valence-corrected chi connectivity index (χ0v) is 13.0. The van der Waals surface area contributed by atoms with Gasteiger partial charge in [0.1, 0.15) is 10.8 Å². The van der Waals surface area contributed by atoms with E-state index in [0.29, 0.717) is 0 Å². The minimum atomic E-state index is -4.56. The molecule has 0 aliphatic carbocycles. The van der Waals surface area contributed by atoms with Crippen LogP contribution in [0, 0.1) is 0 Å². The lowest BCUT2D eigenvalue weighted by Gasteiger charge is -2.12. The molecule has 0 bridgehead atoms. The van der Waals surface area contributed by atoms with Gasteiger partial charge >= 0.3 is 12.1 Å². The van der Waals surface area contributed by atoms with Gasteiger partial charge in [0, 0.05) is 10.9 Å². The molecule has 1 aromatic carbocycles. The smallest absolute Gasteiger partial charge is 0.416 e. The van der Waals surface area contributed by atoms with Gasteiger partial charge in [0.05, 0.1) is 11.1 Å². The van der Waals surface area contributed by atoms with Gasteiger partial charge in [-0.2, -0.15) is 13.2 Å². The first-order chi connectivity index (χ1) is 10.6. The summed E-state index contributed by atoms with van der Waals surface area (Å²) < 4.78 is 65.2. The van der Waals surface area contributed by atoms with Gasteiger partial charge in [-0.25, -0.2) is 18.4 Å². The first kappa shape index (κ1) is 17.4. The summed E-state index contributed by atoms with van der Waals surface area (Å²) in [4.78, 5) is 11.8. The number of esters is 1. The Morgan fingerprint density at radius 1 is 1.26 bits per heavy atom. The van der Waals surface area contributed by atoms with Crippen LogP contribution < -0.4 is 5.14 Å². The third-order valence-corrected chi connectivity index (χ3v) is 5.16. The van der Waals surface area contributed by atoms with Crippen molar-refractivity contribution in [2.45, 2.75) is 17.0 Å². The van der Waals surface area contributed by atoms with Gasteiger partial charge in [0.25, 0.3) is 0 Å². The molecule has 0 amide bonds. The Kier molecular flexibility index (Phi) is 4.78. The van der Waals surface area contributed by atoms with Gasteiger partial charge < -0.3 is 4.74 Å². The molecule has 0 saturated heterocycles. The van der Waals surface area contributed by atoms with Crippen molar-refractivity contribution in [1.82, 2.24) is 0 Å². The van der Waals surface area contributed by atoms with Gasteiger partial charge in [-0.05, 0) is 12.1 Å². The summed E-state index contributed by atoms with van der Waals surface area (Å²) in [6, 6.07) is 5.71. The number of alkyl halides is 3. The Labute approximate surface area is 133 Å². The third kappa shape index (κ3) is 4.30. The molecule has 0 fully saturated rings. The summed E-state index contributed by atoms with van der Waals surface area (Å²) in [7, 11) is -3.95. The van der Waals surface area contributed by atoms with Crippen LogP contribution in [0.4, 0.5) is 13.2 Å². The van der Waals surface area contributed by atoms with E-state index in [1.807, 2.05) is 0 Å². The van der Waals surface area contributed by atoms with Crippen molar-refractivity contribution in [3.63, 3.8) is 0 Å². The topological polar surface area (TPSA) is 86.5 Å². The van der Waals surface area contributed by atoms with Crippen molar-refractivity contribution in [3.8, 4) is 0 Å². The van der Waals surface area contributed by atoms with Crippen LogP contribution in [0.15, 0.2) is 39.9 Å². The lowest BCUT2D eigenvalue weighted by atomic mass is 10.1. The van der Waals surface area contributed by atoms with E-state index in [4.69, 9.17) is 9.88 Å². The molecule has 23 heavy (non-hydrogen) atoms. The molecule has 2 N–H and O–H groups in total. The second-order valence-corrected chi connectivity index (χ2v) is 7.13. The van der Waals surface area contributed by atoms with E-state index >= 15 is 0 Å². The Morgan fingerprint density at radius 3 is 2.48 bits per heavy atom. The zero-order chi connectivity index (χ0) is 17.3. The van der Waals surface area contributed by atoms with Crippen LogP contribution >= 0.6 is 11.3 Å². The lowest BCUT2D eigenvalue weighted by molar-refractivity contribution is -0.138. The van der Waals surface area contributed by atoms with E-state index < -0.39 is 34.3 Å². The number of halogens is 3.